The number of rotatable bonds is 4. The topological polar surface area (TPSA) is 49.3 Å². The maximum atomic E-state index is 10.8. The summed E-state index contributed by atoms with van der Waals surface area (Å²) in [7, 11) is 1.91. The van der Waals surface area contributed by atoms with Gasteiger partial charge in [-0.05, 0) is 35.9 Å². The zero-order valence-corrected chi connectivity index (χ0v) is 10.2. The quantitative estimate of drug-likeness (QED) is 0.865. The second-order valence-corrected chi connectivity index (χ2v) is 4.07. The van der Waals surface area contributed by atoms with Crippen LogP contribution in [0.2, 0.25) is 0 Å². The summed E-state index contributed by atoms with van der Waals surface area (Å²) in [5, 5.41) is 12.0. The van der Waals surface area contributed by atoms with Crippen molar-refractivity contribution in [2.75, 3.05) is 7.05 Å². The van der Waals surface area contributed by atoms with Gasteiger partial charge in [-0.15, -0.1) is 0 Å². The summed E-state index contributed by atoms with van der Waals surface area (Å²) in [6.07, 6.45) is 0. The van der Waals surface area contributed by atoms with Crippen molar-refractivity contribution in [2.45, 2.75) is 6.54 Å². The van der Waals surface area contributed by atoms with Crippen molar-refractivity contribution >= 4 is 5.97 Å². The van der Waals surface area contributed by atoms with Gasteiger partial charge in [-0.1, -0.05) is 36.4 Å². The van der Waals surface area contributed by atoms with Gasteiger partial charge in [0.2, 0.25) is 0 Å². The molecule has 0 amide bonds. The zero-order chi connectivity index (χ0) is 13.0. The van der Waals surface area contributed by atoms with Crippen LogP contribution in [-0.4, -0.2) is 18.1 Å². The number of nitrogens with one attached hydrogen (secondary N) is 1. The second kappa shape index (κ2) is 5.47. The summed E-state index contributed by atoms with van der Waals surface area (Å²) in [4.78, 5) is 10.8. The van der Waals surface area contributed by atoms with Crippen molar-refractivity contribution in [2.24, 2.45) is 0 Å². The molecule has 0 fully saturated rings. The normalized spacial score (nSPS) is 10.3. The summed E-state index contributed by atoms with van der Waals surface area (Å²) < 4.78 is 0. The van der Waals surface area contributed by atoms with Gasteiger partial charge in [0.1, 0.15) is 0 Å². The van der Waals surface area contributed by atoms with Gasteiger partial charge in [-0.2, -0.15) is 0 Å². The molecule has 0 heterocycles. The van der Waals surface area contributed by atoms with Gasteiger partial charge in [0.15, 0.2) is 0 Å². The minimum Gasteiger partial charge on any atom is -0.478 e. The Hall–Kier alpha value is -2.13. The molecule has 0 bridgehead atoms. The van der Waals surface area contributed by atoms with Gasteiger partial charge < -0.3 is 10.4 Å². The predicted octanol–water partition coefficient (Wildman–Crippen LogP) is 2.77. The Morgan fingerprint density at radius 3 is 2.39 bits per heavy atom. The van der Waals surface area contributed by atoms with Gasteiger partial charge in [0.25, 0.3) is 0 Å². The van der Waals surface area contributed by atoms with Gasteiger partial charge in [0.05, 0.1) is 5.56 Å². The third-order valence-electron chi connectivity index (χ3n) is 2.83. The fourth-order valence-corrected chi connectivity index (χ4v) is 1.94. The van der Waals surface area contributed by atoms with Crippen LogP contribution in [0.5, 0.6) is 0 Å². The number of carboxylic acid groups (broad SMARTS) is 1. The van der Waals surface area contributed by atoms with Crippen LogP contribution < -0.4 is 5.32 Å². The molecule has 92 valence electrons. The predicted molar refractivity (Wildman–Crippen MR) is 71.6 cm³/mol. The number of aromatic carboxylic acids is 1. The van der Waals surface area contributed by atoms with E-state index in [0.717, 1.165) is 17.7 Å². The zero-order valence-electron chi connectivity index (χ0n) is 10.2. The summed E-state index contributed by atoms with van der Waals surface area (Å²) >= 11 is 0. The van der Waals surface area contributed by atoms with Gasteiger partial charge in [0, 0.05) is 6.54 Å². The first-order valence-electron chi connectivity index (χ1n) is 5.78. The summed E-state index contributed by atoms with van der Waals surface area (Å²) in [6.45, 7) is 0.789. The van der Waals surface area contributed by atoms with Crippen LogP contribution in [0.1, 0.15) is 15.9 Å². The molecule has 2 aromatic carbocycles. The van der Waals surface area contributed by atoms with Crippen molar-refractivity contribution < 1.29 is 9.90 Å². The van der Waals surface area contributed by atoms with E-state index >= 15 is 0 Å². The molecular weight excluding hydrogens is 226 g/mol. The minimum absolute atomic E-state index is 0.310. The van der Waals surface area contributed by atoms with Gasteiger partial charge in [-0.3, -0.25) is 0 Å². The van der Waals surface area contributed by atoms with E-state index in [2.05, 4.69) is 11.4 Å². The van der Waals surface area contributed by atoms with E-state index in [1.165, 1.54) is 5.56 Å². The number of hydrogen-bond acceptors (Lipinski definition) is 2. The van der Waals surface area contributed by atoms with Crippen LogP contribution in [0, 0.1) is 0 Å². The van der Waals surface area contributed by atoms with E-state index < -0.39 is 5.97 Å². The molecule has 18 heavy (non-hydrogen) atoms. The van der Waals surface area contributed by atoms with Crippen molar-refractivity contribution in [1.82, 2.24) is 5.32 Å². The Morgan fingerprint density at radius 1 is 1.11 bits per heavy atom. The Balaban J connectivity index is 2.39. The fourth-order valence-electron chi connectivity index (χ4n) is 1.94. The molecule has 3 nitrogen and oxygen atoms in total. The maximum absolute atomic E-state index is 10.8. The first-order valence-corrected chi connectivity index (χ1v) is 5.78. The molecule has 0 saturated heterocycles. The molecule has 0 aliphatic carbocycles. The highest BCUT2D eigenvalue weighted by atomic mass is 16.4. The largest absolute Gasteiger partial charge is 0.478 e. The van der Waals surface area contributed by atoms with Gasteiger partial charge >= 0.3 is 5.97 Å². The molecular formula is C15H15NO2. The number of hydrogen-bond donors (Lipinski definition) is 2. The van der Waals surface area contributed by atoms with E-state index in [4.69, 9.17) is 5.11 Å². The number of carboxylic acids is 1. The van der Waals surface area contributed by atoms with Crippen molar-refractivity contribution in [3.8, 4) is 11.1 Å². The molecule has 0 unspecified atom stereocenters. The van der Waals surface area contributed by atoms with Crippen LogP contribution in [0.4, 0.5) is 0 Å². The molecule has 0 aliphatic heterocycles. The van der Waals surface area contributed by atoms with E-state index in [1.807, 2.05) is 37.4 Å². The van der Waals surface area contributed by atoms with Crippen LogP contribution in [0.15, 0.2) is 48.5 Å². The fraction of sp³-hybridized carbons (Fsp3) is 0.133. The van der Waals surface area contributed by atoms with Crippen molar-refractivity contribution in [3.05, 3.63) is 59.7 Å². The van der Waals surface area contributed by atoms with E-state index in [1.54, 1.807) is 12.1 Å². The highest BCUT2D eigenvalue weighted by molar-refractivity contribution is 5.88. The molecule has 2 aromatic rings. The summed E-state index contributed by atoms with van der Waals surface area (Å²) in [5.41, 5.74) is 3.67. The third kappa shape index (κ3) is 2.57. The number of carbonyl (C=O) groups is 1. The van der Waals surface area contributed by atoms with Crippen LogP contribution in [0.25, 0.3) is 11.1 Å². The van der Waals surface area contributed by atoms with E-state index in [-0.39, 0.29) is 0 Å². The van der Waals surface area contributed by atoms with Gasteiger partial charge in [-0.25, -0.2) is 4.79 Å². The SMILES string of the molecule is CNCc1ccccc1-c1ccc(C(=O)O)cc1. The van der Waals surface area contributed by atoms with Crippen LogP contribution >= 0.6 is 0 Å². The second-order valence-electron chi connectivity index (χ2n) is 4.07. The lowest BCUT2D eigenvalue weighted by molar-refractivity contribution is 0.0697. The minimum atomic E-state index is -0.898. The molecule has 2 rings (SSSR count). The first kappa shape index (κ1) is 12.3. The smallest absolute Gasteiger partial charge is 0.335 e. The lowest BCUT2D eigenvalue weighted by Crippen LogP contribution is -2.06. The van der Waals surface area contributed by atoms with Crippen molar-refractivity contribution in [3.63, 3.8) is 0 Å². The number of benzene rings is 2. The molecule has 0 spiro atoms. The molecule has 0 aromatic heterocycles. The lowest BCUT2D eigenvalue weighted by Gasteiger charge is -2.09. The van der Waals surface area contributed by atoms with Crippen LogP contribution in [0.3, 0.4) is 0 Å². The Bertz CT molecular complexity index is 547. The Kier molecular flexibility index (Phi) is 3.75. The monoisotopic (exact) mass is 241 g/mol. The molecule has 3 heteroatoms. The molecule has 0 saturated carbocycles. The van der Waals surface area contributed by atoms with Crippen molar-refractivity contribution in [1.29, 1.82) is 0 Å². The molecule has 2 N–H and O–H groups in total. The average molecular weight is 241 g/mol. The average Bonchev–Trinajstić information content (AvgIpc) is 2.40. The standard InChI is InChI=1S/C15H15NO2/c1-16-10-13-4-2-3-5-14(13)11-6-8-12(9-7-11)15(17)18/h2-9,16H,10H2,1H3,(H,17,18). The molecule has 0 atom stereocenters. The van der Waals surface area contributed by atoms with E-state index in [0.29, 0.717) is 5.56 Å². The maximum Gasteiger partial charge on any atom is 0.335 e. The third-order valence-corrected chi connectivity index (χ3v) is 2.83. The van der Waals surface area contributed by atoms with Crippen LogP contribution in [-0.2, 0) is 6.54 Å². The molecule has 0 aliphatic rings. The lowest BCUT2D eigenvalue weighted by atomic mass is 9.98. The summed E-state index contributed by atoms with van der Waals surface area (Å²) in [6, 6.07) is 15.1. The molecule has 0 radical (unpaired) electrons. The highest BCUT2D eigenvalue weighted by Crippen LogP contribution is 2.24. The Labute approximate surface area is 106 Å². The Morgan fingerprint density at radius 2 is 1.78 bits per heavy atom. The highest BCUT2D eigenvalue weighted by Gasteiger charge is 2.06. The first-order chi connectivity index (χ1) is 8.72. The van der Waals surface area contributed by atoms with E-state index in [9.17, 15) is 4.79 Å². The summed E-state index contributed by atoms with van der Waals surface area (Å²) in [5.74, 6) is -0.898.